The highest BCUT2D eigenvalue weighted by Gasteiger charge is 2.02. The Kier molecular flexibility index (Phi) is 2.08. The van der Waals surface area contributed by atoms with Crippen molar-refractivity contribution in [1.82, 2.24) is 14.8 Å². The molecule has 0 N–H and O–H groups in total. The van der Waals surface area contributed by atoms with Crippen molar-refractivity contribution >= 4 is 0 Å². The second-order valence-electron chi connectivity index (χ2n) is 2.70. The van der Waals surface area contributed by atoms with E-state index in [2.05, 4.69) is 23.1 Å². The van der Waals surface area contributed by atoms with Crippen molar-refractivity contribution in [2.24, 2.45) is 0 Å². The van der Waals surface area contributed by atoms with Crippen molar-refractivity contribution in [1.29, 1.82) is 0 Å². The molecule has 13 heavy (non-hydrogen) atoms. The Balaban J connectivity index is 2.47. The predicted octanol–water partition coefficient (Wildman–Crippen LogP) is 1.63. The Hall–Kier alpha value is -1.64. The summed E-state index contributed by atoms with van der Waals surface area (Å²) in [5, 5.41) is 4.15. The van der Waals surface area contributed by atoms with Crippen LogP contribution in [0, 0.1) is 6.07 Å². The number of aromatic nitrogens is 3. The Morgan fingerprint density at radius 1 is 1.38 bits per heavy atom. The number of hydrogen-bond donors (Lipinski definition) is 0. The zero-order valence-electron chi connectivity index (χ0n) is 7.44. The van der Waals surface area contributed by atoms with E-state index in [9.17, 15) is 0 Å². The average molecular weight is 172 g/mol. The van der Waals surface area contributed by atoms with Gasteiger partial charge in [-0.1, -0.05) is 19.1 Å². The topological polar surface area (TPSA) is 30.7 Å². The summed E-state index contributed by atoms with van der Waals surface area (Å²) in [6.45, 7) is 2.07. The molecule has 1 radical (unpaired) electrons. The van der Waals surface area contributed by atoms with Crippen LogP contribution in [0.4, 0.5) is 0 Å². The molecule has 3 heteroatoms. The van der Waals surface area contributed by atoms with Crippen molar-refractivity contribution in [2.75, 3.05) is 0 Å². The van der Waals surface area contributed by atoms with E-state index in [-0.39, 0.29) is 0 Å². The van der Waals surface area contributed by atoms with Crippen molar-refractivity contribution < 1.29 is 0 Å². The maximum absolute atomic E-state index is 4.15. The largest absolute Gasteiger partial charge is 0.220 e. The third-order valence-corrected chi connectivity index (χ3v) is 1.88. The molecule has 0 aliphatic heterocycles. The van der Waals surface area contributed by atoms with Crippen LogP contribution >= 0.6 is 0 Å². The van der Waals surface area contributed by atoms with E-state index in [0.717, 1.165) is 17.9 Å². The van der Waals surface area contributed by atoms with Crippen molar-refractivity contribution in [3.05, 3.63) is 42.5 Å². The first-order valence-corrected chi connectivity index (χ1v) is 4.27. The summed E-state index contributed by atoms with van der Waals surface area (Å²) in [5.74, 6) is 0.978. The van der Waals surface area contributed by atoms with Gasteiger partial charge in [0.2, 0.25) is 0 Å². The third kappa shape index (κ3) is 1.45. The molecule has 0 aliphatic carbocycles. The highest BCUT2D eigenvalue weighted by atomic mass is 15.3. The third-order valence-electron chi connectivity index (χ3n) is 1.88. The van der Waals surface area contributed by atoms with Gasteiger partial charge in [0.05, 0.1) is 5.69 Å². The molecule has 0 amide bonds. The van der Waals surface area contributed by atoms with Gasteiger partial charge >= 0.3 is 0 Å². The molecule has 1 heterocycles. The van der Waals surface area contributed by atoms with E-state index in [4.69, 9.17) is 0 Å². The lowest BCUT2D eigenvalue weighted by Crippen LogP contribution is -2.01. The predicted molar refractivity (Wildman–Crippen MR) is 49.6 cm³/mol. The van der Waals surface area contributed by atoms with Crippen LogP contribution in [0.25, 0.3) is 5.69 Å². The van der Waals surface area contributed by atoms with Crippen molar-refractivity contribution in [2.45, 2.75) is 13.3 Å². The van der Waals surface area contributed by atoms with Crippen LogP contribution in [-0.2, 0) is 6.42 Å². The summed E-state index contributed by atoms with van der Waals surface area (Å²) in [6, 6.07) is 10.6. The van der Waals surface area contributed by atoms with E-state index in [0.29, 0.717) is 0 Å². The summed E-state index contributed by atoms with van der Waals surface area (Å²) in [6.07, 6.45) is 2.47. The van der Waals surface area contributed by atoms with E-state index >= 15 is 0 Å². The molecule has 0 saturated carbocycles. The minimum atomic E-state index is 0.888. The van der Waals surface area contributed by atoms with Gasteiger partial charge in [0, 0.05) is 6.42 Å². The lowest BCUT2D eigenvalue weighted by molar-refractivity contribution is 0.801. The van der Waals surface area contributed by atoms with Gasteiger partial charge in [0.15, 0.2) is 0 Å². The smallest absolute Gasteiger partial charge is 0.138 e. The number of rotatable bonds is 2. The zero-order valence-corrected chi connectivity index (χ0v) is 7.44. The van der Waals surface area contributed by atoms with Gasteiger partial charge in [-0.2, -0.15) is 5.10 Å². The normalized spacial score (nSPS) is 10.2. The van der Waals surface area contributed by atoms with Crippen LogP contribution in [0.2, 0.25) is 0 Å². The number of hydrogen-bond acceptors (Lipinski definition) is 2. The molecule has 0 saturated heterocycles. The summed E-state index contributed by atoms with van der Waals surface area (Å²) in [5.41, 5.74) is 1.04. The van der Waals surface area contributed by atoms with Crippen molar-refractivity contribution in [3.8, 4) is 5.69 Å². The van der Waals surface area contributed by atoms with Gasteiger partial charge in [-0.05, 0) is 18.2 Å². The quantitative estimate of drug-likeness (QED) is 0.689. The Bertz CT molecular complexity index is 378. The van der Waals surface area contributed by atoms with Crippen LogP contribution < -0.4 is 0 Å². The molecule has 0 aliphatic rings. The molecule has 0 unspecified atom stereocenters. The van der Waals surface area contributed by atoms with Gasteiger partial charge in [0.1, 0.15) is 12.2 Å². The summed E-state index contributed by atoms with van der Waals surface area (Å²) < 4.78 is 1.84. The fraction of sp³-hybridized carbons (Fsp3) is 0.200. The zero-order chi connectivity index (χ0) is 9.10. The minimum Gasteiger partial charge on any atom is -0.220 e. The van der Waals surface area contributed by atoms with Gasteiger partial charge in [-0.25, -0.2) is 9.67 Å². The molecule has 2 rings (SSSR count). The molecule has 0 bridgehead atoms. The SMILES string of the molecule is CCc1ncnn1-c1cc[c]cc1. The maximum Gasteiger partial charge on any atom is 0.138 e. The van der Waals surface area contributed by atoms with Crippen LogP contribution in [0.5, 0.6) is 0 Å². The second-order valence-corrected chi connectivity index (χ2v) is 2.70. The fourth-order valence-electron chi connectivity index (χ4n) is 1.24. The van der Waals surface area contributed by atoms with E-state index in [1.54, 1.807) is 6.33 Å². The summed E-state index contributed by atoms with van der Waals surface area (Å²) in [7, 11) is 0. The Morgan fingerprint density at radius 2 is 2.15 bits per heavy atom. The van der Waals surface area contributed by atoms with E-state index < -0.39 is 0 Å². The number of nitrogens with zero attached hydrogens (tertiary/aromatic N) is 3. The first-order chi connectivity index (χ1) is 6.42. The van der Waals surface area contributed by atoms with Gasteiger partial charge in [0.25, 0.3) is 0 Å². The lowest BCUT2D eigenvalue weighted by Gasteiger charge is -2.02. The molecule has 3 nitrogen and oxygen atoms in total. The van der Waals surface area contributed by atoms with Crippen LogP contribution in [0.15, 0.2) is 30.6 Å². The van der Waals surface area contributed by atoms with Gasteiger partial charge < -0.3 is 0 Å². The van der Waals surface area contributed by atoms with Crippen molar-refractivity contribution in [3.63, 3.8) is 0 Å². The average Bonchev–Trinajstić information content (AvgIpc) is 2.67. The molecule has 0 fully saturated rings. The fourth-order valence-corrected chi connectivity index (χ4v) is 1.24. The molecule has 1 aromatic heterocycles. The first-order valence-electron chi connectivity index (χ1n) is 4.27. The molecule has 1 aromatic carbocycles. The molecular formula is C10H10N3. The second kappa shape index (κ2) is 3.39. The highest BCUT2D eigenvalue weighted by molar-refractivity contribution is 5.30. The monoisotopic (exact) mass is 172 g/mol. The minimum absolute atomic E-state index is 0.888. The molecule has 2 aromatic rings. The Labute approximate surface area is 77.0 Å². The van der Waals surface area contributed by atoms with E-state index in [1.165, 1.54) is 0 Å². The standard InChI is InChI=1S/C10H10N3/c1-2-10-11-8-12-13(10)9-6-4-3-5-7-9/h4-8H,2H2,1H3. The van der Waals surface area contributed by atoms with Crippen LogP contribution in [0.3, 0.4) is 0 Å². The highest BCUT2D eigenvalue weighted by Crippen LogP contribution is 2.07. The number of aryl methyl sites for hydroxylation is 1. The first kappa shape index (κ1) is 7.98. The molecule has 65 valence electrons. The molecule has 0 atom stereocenters. The summed E-state index contributed by atoms with van der Waals surface area (Å²) in [4.78, 5) is 4.15. The molecule has 0 spiro atoms. The lowest BCUT2D eigenvalue weighted by atomic mass is 10.3. The Morgan fingerprint density at radius 3 is 2.85 bits per heavy atom. The maximum atomic E-state index is 4.15. The van der Waals surface area contributed by atoms with Gasteiger partial charge in [-0.15, -0.1) is 0 Å². The van der Waals surface area contributed by atoms with E-state index in [1.807, 2.05) is 28.9 Å². The van der Waals surface area contributed by atoms with Crippen LogP contribution in [0.1, 0.15) is 12.7 Å². The summed E-state index contributed by atoms with van der Waals surface area (Å²) >= 11 is 0. The number of benzene rings is 1. The van der Waals surface area contributed by atoms with Crippen LogP contribution in [-0.4, -0.2) is 14.8 Å². The van der Waals surface area contributed by atoms with Gasteiger partial charge in [-0.3, -0.25) is 0 Å². The molecular weight excluding hydrogens is 162 g/mol.